The normalized spacial score (nSPS) is 17.8. The Labute approximate surface area is 196 Å². The summed E-state index contributed by atoms with van der Waals surface area (Å²) in [5, 5.41) is 3.54. The number of ketones is 1. The number of aromatic nitrogens is 1. The molecular weight excluding hydrogens is 434 g/mol. The Morgan fingerprint density at radius 2 is 1.71 bits per heavy atom. The Morgan fingerprint density at radius 3 is 2.47 bits per heavy atom. The monoisotopic (exact) mass is 459 g/mol. The summed E-state index contributed by atoms with van der Waals surface area (Å²) in [6.07, 6.45) is 3.29. The maximum absolute atomic E-state index is 13.5. The molecule has 34 heavy (non-hydrogen) atoms. The van der Waals surface area contributed by atoms with Gasteiger partial charge in [-0.2, -0.15) is 0 Å². The van der Waals surface area contributed by atoms with Crippen molar-refractivity contribution in [2.24, 2.45) is 0 Å². The fourth-order valence-electron chi connectivity index (χ4n) is 4.91. The van der Waals surface area contributed by atoms with Gasteiger partial charge in [0.2, 0.25) is 5.78 Å². The molecule has 2 N–H and O–H groups in total. The van der Waals surface area contributed by atoms with E-state index >= 15 is 0 Å². The van der Waals surface area contributed by atoms with E-state index in [1.165, 1.54) is 0 Å². The molecular formula is C26H25N3O5. The zero-order chi connectivity index (χ0) is 23.7. The van der Waals surface area contributed by atoms with Crippen molar-refractivity contribution in [1.29, 1.82) is 0 Å². The standard InChI is InChI=1S/C26H25N3O5/c30-21(12-15-29-24(32)26(28-25(29)33)13-6-7-14-26)34-23(17-8-2-1-3-9-17)22(31)19-16-27-20-11-5-4-10-18(19)20/h1-5,8-11,16,23,27H,6-7,12-15H2,(H,28,33)/t23-/m0/s1. The summed E-state index contributed by atoms with van der Waals surface area (Å²) in [4.78, 5) is 55.6. The number of nitrogens with zero attached hydrogens (tertiary/aromatic N) is 1. The molecule has 1 saturated heterocycles. The van der Waals surface area contributed by atoms with Gasteiger partial charge in [-0.05, 0) is 18.9 Å². The summed E-state index contributed by atoms with van der Waals surface area (Å²) in [6, 6.07) is 15.7. The molecule has 0 unspecified atom stereocenters. The zero-order valence-electron chi connectivity index (χ0n) is 18.6. The number of Topliss-reactive ketones (excluding diaryl/α,β-unsaturated/α-hetero) is 1. The molecule has 1 atom stereocenters. The van der Waals surface area contributed by atoms with E-state index in [-0.39, 0.29) is 24.7 Å². The van der Waals surface area contributed by atoms with Crippen molar-refractivity contribution in [3.63, 3.8) is 0 Å². The number of esters is 1. The molecule has 174 valence electrons. The Morgan fingerprint density at radius 1 is 1.00 bits per heavy atom. The zero-order valence-corrected chi connectivity index (χ0v) is 18.6. The molecule has 8 nitrogen and oxygen atoms in total. The average molecular weight is 460 g/mol. The van der Waals surface area contributed by atoms with Gasteiger partial charge in [-0.1, -0.05) is 61.4 Å². The molecule has 8 heteroatoms. The number of imide groups is 1. The van der Waals surface area contributed by atoms with Gasteiger partial charge in [0.05, 0.1) is 6.42 Å². The largest absolute Gasteiger partial charge is 0.449 e. The van der Waals surface area contributed by atoms with Crippen molar-refractivity contribution in [2.75, 3.05) is 6.54 Å². The first-order valence-electron chi connectivity index (χ1n) is 11.5. The number of ether oxygens (including phenoxy) is 1. The lowest BCUT2D eigenvalue weighted by Gasteiger charge is -2.20. The van der Waals surface area contributed by atoms with Gasteiger partial charge in [-0.3, -0.25) is 19.3 Å². The van der Waals surface area contributed by atoms with Gasteiger partial charge in [-0.25, -0.2) is 4.79 Å². The second kappa shape index (κ2) is 8.78. The maximum Gasteiger partial charge on any atom is 0.325 e. The van der Waals surface area contributed by atoms with Crippen molar-refractivity contribution < 1.29 is 23.9 Å². The topological polar surface area (TPSA) is 109 Å². The molecule has 2 fully saturated rings. The fourth-order valence-corrected chi connectivity index (χ4v) is 4.91. The third-order valence-corrected chi connectivity index (χ3v) is 6.69. The highest BCUT2D eigenvalue weighted by atomic mass is 16.5. The number of amides is 3. The first-order valence-corrected chi connectivity index (χ1v) is 11.5. The number of nitrogens with one attached hydrogen (secondary N) is 2. The number of carbonyl (C=O) groups excluding carboxylic acids is 4. The molecule has 2 heterocycles. The van der Waals surface area contributed by atoms with Crippen molar-refractivity contribution in [3.8, 4) is 0 Å². The van der Waals surface area contributed by atoms with Crippen LogP contribution in [0, 0.1) is 0 Å². The molecule has 2 aliphatic rings. The van der Waals surface area contributed by atoms with Gasteiger partial charge in [0, 0.05) is 34.8 Å². The average Bonchev–Trinajstić information content (AvgIpc) is 3.55. The second-order valence-corrected chi connectivity index (χ2v) is 8.82. The highest BCUT2D eigenvalue weighted by molar-refractivity contribution is 6.10. The van der Waals surface area contributed by atoms with Gasteiger partial charge in [0.25, 0.3) is 5.91 Å². The van der Waals surface area contributed by atoms with Gasteiger partial charge < -0.3 is 15.0 Å². The fraction of sp³-hybridized carbons (Fsp3) is 0.308. The molecule has 3 aromatic rings. The van der Waals surface area contributed by atoms with Crippen LogP contribution >= 0.6 is 0 Å². The van der Waals surface area contributed by atoms with Gasteiger partial charge in [0.1, 0.15) is 5.54 Å². The van der Waals surface area contributed by atoms with E-state index in [1.54, 1.807) is 30.5 Å². The van der Waals surface area contributed by atoms with Crippen LogP contribution in [0.25, 0.3) is 10.9 Å². The van der Waals surface area contributed by atoms with Crippen LogP contribution in [0.3, 0.4) is 0 Å². The third kappa shape index (κ3) is 3.85. The van der Waals surface area contributed by atoms with Crippen molar-refractivity contribution >= 4 is 34.6 Å². The molecule has 2 aromatic carbocycles. The van der Waals surface area contributed by atoms with E-state index in [2.05, 4.69) is 10.3 Å². The Kier molecular flexibility index (Phi) is 5.65. The van der Waals surface area contributed by atoms with E-state index in [0.29, 0.717) is 24.0 Å². The van der Waals surface area contributed by atoms with Crippen molar-refractivity contribution in [3.05, 3.63) is 71.9 Å². The number of hydrogen-bond donors (Lipinski definition) is 2. The van der Waals surface area contributed by atoms with E-state index < -0.39 is 23.6 Å². The van der Waals surface area contributed by atoms with Crippen LogP contribution in [-0.2, 0) is 14.3 Å². The molecule has 1 aliphatic carbocycles. The van der Waals surface area contributed by atoms with E-state index in [0.717, 1.165) is 28.6 Å². The van der Waals surface area contributed by atoms with Crippen LogP contribution < -0.4 is 5.32 Å². The lowest BCUT2D eigenvalue weighted by atomic mass is 9.98. The Bertz CT molecular complexity index is 1260. The number of urea groups is 1. The van der Waals surface area contributed by atoms with Crippen LogP contribution in [0.2, 0.25) is 0 Å². The second-order valence-electron chi connectivity index (χ2n) is 8.82. The summed E-state index contributed by atoms with van der Waals surface area (Å²) in [7, 11) is 0. The minimum atomic E-state index is -1.14. The van der Waals surface area contributed by atoms with Crippen LogP contribution in [0.1, 0.15) is 54.1 Å². The highest BCUT2D eigenvalue weighted by Crippen LogP contribution is 2.35. The van der Waals surface area contributed by atoms with Crippen molar-refractivity contribution in [1.82, 2.24) is 15.2 Å². The predicted molar refractivity (Wildman–Crippen MR) is 124 cm³/mol. The molecule has 1 aliphatic heterocycles. The van der Waals surface area contributed by atoms with E-state index in [4.69, 9.17) is 4.74 Å². The van der Waals surface area contributed by atoms with Crippen LogP contribution in [0.4, 0.5) is 4.79 Å². The quantitative estimate of drug-likeness (QED) is 0.317. The smallest absolute Gasteiger partial charge is 0.325 e. The molecule has 0 bridgehead atoms. The Balaban J connectivity index is 1.32. The summed E-state index contributed by atoms with van der Waals surface area (Å²) in [5.74, 6) is -1.29. The third-order valence-electron chi connectivity index (χ3n) is 6.69. The van der Waals surface area contributed by atoms with Crippen LogP contribution in [-0.4, -0.2) is 45.7 Å². The lowest BCUT2D eigenvalue weighted by Crippen LogP contribution is -2.44. The minimum Gasteiger partial charge on any atom is -0.449 e. The number of carbonyl (C=O) groups is 4. The number of benzene rings is 2. The molecule has 1 aromatic heterocycles. The maximum atomic E-state index is 13.5. The Hall–Kier alpha value is -3.94. The predicted octanol–water partition coefficient (Wildman–Crippen LogP) is 3.89. The number of hydrogen-bond acceptors (Lipinski definition) is 5. The van der Waals surface area contributed by atoms with Gasteiger partial charge in [-0.15, -0.1) is 0 Å². The van der Waals surface area contributed by atoms with Gasteiger partial charge in [0.15, 0.2) is 6.10 Å². The van der Waals surface area contributed by atoms with Gasteiger partial charge >= 0.3 is 12.0 Å². The number of H-pyrrole nitrogens is 1. The van der Waals surface area contributed by atoms with E-state index in [1.807, 2.05) is 30.3 Å². The first kappa shape index (κ1) is 21.9. The SMILES string of the molecule is O=C(CCN1C(=O)NC2(CCCC2)C1=O)O[C@H](C(=O)c1c[nH]c2ccccc12)c1ccccc1. The summed E-state index contributed by atoms with van der Waals surface area (Å²) >= 11 is 0. The minimum absolute atomic E-state index is 0.0893. The number of aromatic amines is 1. The summed E-state index contributed by atoms with van der Waals surface area (Å²) < 4.78 is 5.65. The van der Waals surface area contributed by atoms with Crippen LogP contribution in [0.15, 0.2) is 60.8 Å². The summed E-state index contributed by atoms with van der Waals surface area (Å²) in [5.41, 5.74) is 0.961. The van der Waals surface area contributed by atoms with E-state index in [9.17, 15) is 19.2 Å². The number of para-hydroxylation sites is 1. The van der Waals surface area contributed by atoms with Crippen molar-refractivity contribution in [2.45, 2.75) is 43.7 Å². The molecule has 1 saturated carbocycles. The van der Waals surface area contributed by atoms with Crippen LogP contribution in [0.5, 0.6) is 0 Å². The lowest BCUT2D eigenvalue weighted by molar-refractivity contribution is -0.147. The number of rotatable bonds is 7. The number of fused-ring (bicyclic) bond motifs is 1. The highest BCUT2D eigenvalue weighted by Gasteiger charge is 2.52. The molecule has 5 rings (SSSR count). The molecule has 0 radical (unpaired) electrons. The molecule has 3 amide bonds. The summed E-state index contributed by atoms with van der Waals surface area (Å²) in [6.45, 7) is -0.0893. The molecule has 1 spiro atoms. The first-order chi connectivity index (χ1) is 16.5.